The molecule has 5 heteroatoms. The SMILES string of the molecule is CC(CN1CCCCC1)Nc1cc(N)ns1. The number of hydrogen-bond acceptors (Lipinski definition) is 5. The molecule has 3 N–H and O–H groups in total. The Morgan fingerprint density at radius 1 is 1.50 bits per heavy atom. The molecule has 2 heterocycles. The van der Waals surface area contributed by atoms with Gasteiger partial charge in [0, 0.05) is 18.7 Å². The summed E-state index contributed by atoms with van der Waals surface area (Å²) in [6, 6.07) is 2.36. The molecule has 0 spiro atoms. The number of nitrogen functional groups attached to an aromatic ring is 1. The Bertz CT molecular complexity index is 320. The van der Waals surface area contributed by atoms with Crippen molar-refractivity contribution in [1.82, 2.24) is 9.27 Å². The minimum absolute atomic E-state index is 0.456. The lowest BCUT2D eigenvalue weighted by atomic mass is 10.1. The Kier molecular flexibility index (Phi) is 4.01. The molecule has 1 fully saturated rings. The molecule has 1 aliphatic heterocycles. The van der Waals surface area contributed by atoms with E-state index in [0.29, 0.717) is 11.9 Å². The molecular weight excluding hydrogens is 220 g/mol. The van der Waals surface area contributed by atoms with Crippen LogP contribution in [-0.2, 0) is 0 Å². The van der Waals surface area contributed by atoms with Gasteiger partial charge in [-0.3, -0.25) is 0 Å². The molecule has 0 saturated carbocycles. The van der Waals surface area contributed by atoms with Gasteiger partial charge in [-0.15, -0.1) is 0 Å². The molecule has 0 amide bonds. The van der Waals surface area contributed by atoms with Crippen molar-refractivity contribution >= 4 is 22.4 Å². The molecule has 1 aromatic heterocycles. The normalized spacial score (nSPS) is 19.6. The molecule has 90 valence electrons. The van der Waals surface area contributed by atoms with Gasteiger partial charge in [0.25, 0.3) is 0 Å². The van der Waals surface area contributed by atoms with Crippen LogP contribution in [0, 0.1) is 0 Å². The van der Waals surface area contributed by atoms with Crippen LogP contribution in [0.25, 0.3) is 0 Å². The number of nitrogens with one attached hydrogen (secondary N) is 1. The summed E-state index contributed by atoms with van der Waals surface area (Å²) in [7, 11) is 0. The molecule has 2 rings (SSSR count). The number of anilines is 2. The second kappa shape index (κ2) is 5.50. The third-order valence-electron chi connectivity index (χ3n) is 2.90. The van der Waals surface area contributed by atoms with Crippen LogP contribution in [0.5, 0.6) is 0 Å². The van der Waals surface area contributed by atoms with Crippen molar-refractivity contribution in [3.05, 3.63) is 6.07 Å². The van der Waals surface area contributed by atoms with Crippen LogP contribution >= 0.6 is 11.5 Å². The van der Waals surface area contributed by atoms with E-state index < -0.39 is 0 Å². The molecule has 1 aliphatic rings. The Balaban J connectivity index is 1.77. The summed E-state index contributed by atoms with van der Waals surface area (Å²) < 4.78 is 4.06. The molecule has 1 atom stereocenters. The summed E-state index contributed by atoms with van der Waals surface area (Å²) in [6.07, 6.45) is 4.09. The van der Waals surface area contributed by atoms with Gasteiger partial charge >= 0.3 is 0 Å². The summed E-state index contributed by atoms with van der Waals surface area (Å²) in [5, 5.41) is 4.52. The van der Waals surface area contributed by atoms with E-state index in [1.165, 1.54) is 43.9 Å². The van der Waals surface area contributed by atoms with Crippen LogP contribution in [0.1, 0.15) is 26.2 Å². The maximum absolute atomic E-state index is 5.59. The number of likely N-dealkylation sites (tertiary alicyclic amines) is 1. The van der Waals surface area contributed by atoms with Crippen LogP contribution in [-0.4, -0.2) is 34.9 Å². The zero-order chi connectivity index (χ0) is 11.4. The van der Waals surface area contributed by atoms with Crippen molar-refractivity contribution in [3.8, 4) is 0 Å². The maximum Gasteiger partial charge on any atom is 0.139 e. The first kappa shape index (κ1) is 11.7. The van der Waals surface area contributed by atoms with Gasteiger partial charge in [0.2, 0.25) is 0 Å². The number of hydrogen-bond donors (Lipinski definition) is 2. The number of nitrogens with zero attached hydrogens (tertiary/aromatic N) is 2. The highest BCUT2D eigenvalue weighted by atomic mass is 32.1. The van der Waals surface area contributed by atoms with Crippen molar-refractivity contribution in [2.75, 3.05) is 30.7 Å². The van der Waals surface area contributed by atoms with Gasteiger partial charge in [-0.2, -0.15) is 4.37 Å². The lowest BCUT2D eigenvalue weighted by Crippen LogP contribution is -2.38. The van der Waals surface area contributed by atoms with E-state index in [9.17, 15) is 0 Å². The van der Waals surface area contributed by atoms with E-state index >= 15 is 0 Å². The fraction of sp³-hybridized carbons (Fsp3) is 0.727. The quantitative estimate of drug-likeness (QED) is 0.845. The van der Waals surface area contributed by atoms with Crippen LogP contribution in [0.2, 0.25) is 0 Å². The van der Waals surface area contributed by atoms with Gasteiger partial charge in [0.1, 0.15) is 10.8 Å². The highest BCUT2D eigenvalue weighted by Gasteiger charge is 2.13. The number of rotatable bonds is 4. The maximum atomic E-state index is 5.59. The van der Waals surface area contributed by atoms with Crippen molar-refractivity contribution in [2.45, 2.75) is 32.2 Å². The van der Waals surface area contributed by atoms with Crippen LogP contribution in [0.15, 0.2) is 6.07 Å². The zero-order valence-corrected chi connectivity index (χ0v) is 10.6. The second-order valence-corrected chi connectivity index (χ2v) is 5.33. The fourth-order valence-electron chi connectivity index (χ4n) is 2.17. The summed E-state index contributed by atoms with van der Waals surface area (Å²) >= 11 is 1.44. The zero-order valence-electron chi connectivity index (χ0n) is 9.78. The average molecular weight is 240 g/mol. The molecule has 1 aromatic rings. The molecule has 4 nitrogen and oxygen atoms in total. The summed E-state index contributed by atoms with van der Waals surface area (Å²) in [5.41, 5.74) is 5.59. The standard InChI is InChI=1S/C11H20N4S/c1-9(8-15-5-3-2-4-6-15)13-11-7-10(12)14-16-11/h7,9,13H,2-6,8H2,1H3,(H2,12,14). The summed E-state index contributed by atoms with van der Waals surface area (Å²) in [4.78, 5) is 2.53. The molecule has 0 bridgehead atoms. The van der Waals surface area contributed by atoms with Crippen LogP contribution < -0.4 is 11.1 Å². The van der Waals surface area contributed by atoms with Gasteiger partial charge in [-0.1, -0.05) is 6.42 Å². The van der Waals surface area contributed by atoms with E-state index in [0.717, 1.165) is 11.5 Å². The van der Waals surface area contributed by atoms with Crippen molar-refractivity contribution < 1.29 is 0 Å². The number of piperidine rings is 1. The Hall–Kier alpha value is -0.810. The summed E-state index contributed by atoms with van der Waals surface area (Å²) in [6.45, 7) is 5.82. The predicted octanol–water partition coefficient (Wildman–Crippen LogP) is 2.01. The van der Waals surface area contributed by atoms with Crippen molar-refractivity contribution in [2.24, 2.45) is 0 Å². The molecule has 16 heavy (non-hydrogen) atoms. The topological polar surface area (TPSA) is 54.2 Å². The summed E-state index contributed by atoms with van der Waals surface area (Å²) in [5.74, 6) is 0.609. The Labute approximate surface area is 101 Å². The molecular formula is C11H20N4S. The molecule has 1 saturated heterocycles. The lowest BCUT2D eigenvalue weighted by molar-refractivity contribution is 0.223. The van der Waals surface area contributed by atoms with E-state index in [2.05, 4.69) is 21.5 Å². The first-order valence-corrected chi connectivity index (χ1v) is 6.72. The van der Waals surface area contributed by atoms with Gasteiger partial charge in [0.05, 0.1) is 0 Å². The van der Waals surface area contributed by atoms with E-state index in [-0.39, 0.29) is 0 Å². The Morgan fingerprint density at radius 2 is 2.25 bits per heavy atom. The molecule has 1 unspecified atom stereocenters. The smallest absolute Gasteiger partial charge is 0.139 e. The van der Waals surface area contributed by atoms with Gasteiger partial charge < -0.3 is 16.0 Å². The fourth-order valence-corrected chi connectivity index (χ4v) is 2.86. The van der Waals surface area contributed by atoms with Crippen LogP contribution in [0.4, 0.5) is 10.8 Å². The van der Waals surface area contributed by atoms with Gasteiger partial charge in [-0.25, -0.2) is 0 Å². The largest absolute Gasteiger partial charge is 0.383 e. The number of nitrogens with two attached hydrogens (primary N) is 1. The average Bonchev–Trinajstić information content (AvgIpc) is 2.65. The molecule has 0 radical (unpaired) electrons. The van der Waals surface area contributed by atoms with Crippen LogP contribution in [0.3, 0.4) is 0 Å². The first-order valence-electron chi connectivity index (χ1n) is 5.95. The van der Waals surface area contributed by atoms with Gasteiger partial charge in [0.15, 0.2) is 0 Å². The first-order chi connectivity index (χ1) is 7.74. The van der Waals surface area contributed by atoms with E-state index in [1.54, 1.807) is 0 Å². The monoisotopic (exact) mass is 240 g/mol. The predicted molar refractivity (Wildman–Crippen MR) is 69.9 cm³/mol. The minimum atomic E-state index is 0.456. The highest BCUT2D eigenvalue weighted by molar-refractivity contribution is 7.10. The number of aromatic nitrogens is 1. The van der Waals surface area contributed by atoms with E-state index in [4.69, 9.17) is 5.73 Å². The lowest BCUT2D eigenvalue weighted by Gasteiger charge is -2.29. The molecule has 0 aromatic carbocycles. The minimum Gasteiger partial charge on any atom is -0.383 e. The third-order valence-corrected chi connectivity index (χ3v) is 3.63. The molecule has 0 aliphatic carbocycles. The third kappa shape index (κ3) is 3.35. The Morgan fingerprint density at radius 3 is 2.88 bits per heavy atom. The van der Waals surface area contributed by atoms with E-state index in [1.807, 2.05) is 6.07 Å². The van der Waals surface area contributed by atoms with Gasteiger partial charge in [-0.05, 0) is 44.4 Å². The van der Waals surface area contributed by atoms with Crippen molar-refractivity contribution in [3.63, 3.8) is 0 Å². The van der Waals surface area contributed by atoms with Crippen molar-refractivity contribution in [1.29, 1.82) is 0 Å². The second-order valence-electron chi connectivity index (χ2n) is 4.52. The highest BCUT2D eigenvalue weighted by Crippen LogP contribution is 2.19.